The molecule has 2 nitrogen and oxygen atoms in total. The van der Waals surface area contributed by atoms with Crippen LogP contribution in [0.25, 0.3) is 0 Å². The van der Waals surface area contributed by atoms with Crippen LogP contribution in [0.2, 0.25) is 0 Å². The summed E-state index contributed by atoms with van der Waals surface area (Å²) in [5.41, 5.74) is 0.433. The van der Waals surface area contributed by atoms with Crippen LogP contribution in [-0.2, 0) is 29.0 Å². The zero-order valence-electron chi connectivity index (χ0n) is 5.23. The molecule has 0 radical (unpaired) electrons. The van der Waals surface area contributed by atoms with Crippen LogP contribution in [-0.4, -0.2) is 13.1 Å². The van der Waals surface area contributed by atoms with Crippen molar-refractivity contribution < 1.29 is 29.0 Å². The van der Waals surface area contributed by atoms with Gasteiger partial charge in [0.15, 0.2) is 0 Å². The molecule has 8 heavy (non-hydrogen) atoms. The molecule has 0 aromatic heterocycles. The smallest absolute Gasteiger partial charge is 0.466 e. The summed E-state index contributed by atoms with van der Waals surface area (Å²) < 4.78 is 4.27. The SMILES string of the molecule is C=C(C)C(=O)OC.[Zn+2]. The van der Waals surface area contributed by atoms with Crippen LogP contribution in [0, 0.1) is 0 Å². The summed E-state index contributed by atoms with van der Waals surface area (Å²) >= 11 is 0. The second kappa shape index (κ2) is 4.98. The van der Waals surface area contributed by atoms with Crippen molar-refractivity contribution in [3.8, 4) is 0 Å². The Morgan fingerprint density at radius 1 is 1.62 bits per heavy atom. The maximum atomic E-state index is 10.2. The molecule has 0 saturated heterocycles. The van der Waals surface area contributed by atoms with Crippen molar-refractivity contribution in [2.45, 2.75) is 6.92 Å². The van der Waals surface area contributed by atoms with Crippen LogP contribution in [0.1, 0.15) is 6.92 Å². The summed E-state index contributed by atoms with van der Waals surface area (Å²) in [5, 5.41) is 0. The predicted octanol–water partition coefficient (Wildman–Crippen LogP) is 0.733. The van der Waals surface area contributed by atoms with E-state index in [0.29, 0.717) is 5.57 Å². The first kappa shape index (κ1) is 10.7. The minimum atomic E-state index is -0.347. The number of ether oxygens (including phenoxy) is 1. The van der Waals surface area contributed by atoms with E-state index >= 15 is 0 Å². The van der Waals surface area contributed by atoms with Gasteiger partial charge in [0, 0.05) is 5.57 Å². The van der Waals surface area contributed by atoms with Crippen molar-refractivity contribution in [3.05, 3.63) is 12.2 Å². The number of hydrogen-bond acceptors (Lipinski definition) is 2. The van der Waals surface area contributed by atoms with Gasteiger partial charge in [-0.1, -0.05) is 6.58 Å². The van der Waals surface area contributed by atoms with E-state index in [1.165, 1.54) is 7.11 Å². The van der Waals surface area contributed by atoms with Gasteiger partial charge in [-0.05, 0) is 6.92 Å². The average Bonchev–Trinajstić information content (AvgIpc) is 1.65. The Morgan fingerprint density at radius 3 is 2.00 bits per heavy atom. The second-order valence-electron chi connectivity index (χ2n) is 1.27. The Bertz CT molecular complexity index is 98.6. The number of hydrogen-bond donors (Lipinski definition) is 0. The molecular formula is C5H8O2Zn+2. The molecule has 0 bridgehead atoms. The zero-order valence-corrected chi connectivity index (χ0v) is 8.20. The van der Waals surface area contributed by atoms with Gasteiger partial charge in [-0.3, -0.25) is 0 Å². The van der Waals surface area contributed by atoms with Crippen molar-refractivity contribution in [2.75, 3.05) is 7.11 Å². The normalized spacial score (nSPS) is 6.75. The molecule has 0 fully saturated rings. The summed E-state index contributed by atoms with van der Waals surface area (Å²) in [6.07, 6.45) is 0. The molecule has 0 spiro atoms. The predicted molar refractivity (Wildman–Crippen MR) is 26.8 cm³/mol. The van der Waals surface area contributed by atoms with E-state index in [9.17, 15) is 4.79 Å². The topological polar surface area (TPSA) is 26.3 Å². The molecular weight excluding hydrogens is 157 g/mol. The van der Waals surface area contributed by atoms with Crippen LogP contribution < -0.4 is 0 Å². The van der Waals surface area contributed by atoms with Crippen LogP contribution in [0.4, 0.5) is 0 Å². The van der Waals surface area contributed by atoms with Gasteiger partial charge in [-0.25, -0.2) is 4.79 Å². The van der Waals surface area contributed by atoms with Gasteiger partial charge in [-0.15, -0.1) is 0 Å². The van der Waals surface area contributed by atoms with E-state index in [2.05, 4.69) is 11.3 Å². The molecule has 0 heterocycles. The average molecular weight is 166 g/mol. The van der Waals surface area contributed by atoms with E-state index in [4.69, 9.17) is 0 Å². The third-order valence-corrected chi connectivity index (χ3v) is 0.534. The van der Waals surface area contributed by atoms with E-state index in [0.717, 1.165) is 0 Å². The molecule has 0 aromatic rings. The molecule has 0 aromatic carbocycles. The van der Waals surface area contributed by atoms with Crippen molar-refractivity contribution in [2.24, 2.45) is 0 Å². The van der Waals surface area contributed by atoms with Crippen molar-refractivity contribution in [1.82, 2.24) is 0 Å². The van der Waals surface area contributed by atoms with Gasteiger partial charge in [-0.2, -0.15) is 0 Å². The first-order chi connectivity index (χ1) is 3.18. The second-order valence-corrected chi connectivity index (χ2v) is 1.27. The van der Waals surface area contributed by atoms with Gasteiger partial charge in [0.05, 0.1) is 7.11 Å². The third kappa shape index (κ3) is 4.00. The Hall–Kier alpha value is -0.167. The maximum Gasteiger partial charge on any atom is 2.00 e. The fraction of sp³-hybridized carbons (Fsp3) is 0.400. The van der Waals surface area contributed by atoms with Gasteiger partial charge in [0.25, 0.3) is 0 Å². The Morgan fingerprint density at radius 2 is 2.00 bits per heavy atom. The maximum absolute atomic E-state index is 10.2. The van der Waals surface area contributed by atoms with E-state index in [1.807, 2.05) is 0 Å². The first-order valence-corrected chi connectivity index (χ1v) is 1.92. The van der Waals surface area contributed by atoms with Gasteiger partial charge in [0.2, 0.25) is 0 Å². The van der Waals surface area contributed by atoms with Crippen LogP contribution >= 0.6 is 0 Å². The minimum Gasteiger partial charge on any atom is -0.466 e. The van der Waals surface area contributed by atoms with E-state index < -0.39 is 0 Å². The standard InChI is InChI=1S/C5H8O2.Zn/c1-4(2)5(6)7-3;/h1H2,2-3H3;/q;+2. The Balaban J connectivity index is 0. The fourth-order valence-corrected chi connectivity index (χ4v) is 0.174. The molecule has 0 aliphatic rings. The molecule has 0 N–H and O–H groups in total. The van der Waals surface area contributed by atoms with Gasteiger partial charge >= 0.3 is 25.4 Å². The summed E-state index contributed by atoms with van der Waals surface area (Å²) in [6.45, 7) is 4.95. The largest absolute Gasteiger partial charge is 2.00 e. The van der Waals surface area contributed by atoms with Gasteiger partial charge in [0.1, 0.15) is 0 Å². The number of carbonyl (C=O) groups is 1. The van der Waals surface area contributed by atoms with Crippen molar-refractivity contribution >= 4 is 5.97 Å². The Kier molecular flexibility index (Phi) is 6.69. The van der Waals surface area contributed by atoms with Crippen LogP contribution in [0.15, 0.2) is 12.2 Å². The molecule has 0 aliphatic heterocycles. The monoisotopic (exact) mass is 164 g/mol. The van der Waals surface area contributed by atoms with Crippen LogP contribution in [0.5, 0.6) is 0 Å². The fourth-order valence-electron chi connectivity index (χ4n) is 0.174. The zero-order chi connectivity index (χ0) is 5.86. The summed E-state index contributed by atoms with van der Waals surface area (Å²) in [4.78, 5) is 10.2. The molecule has 0 saturated carbocycles. The number of carbonyl (C=O) groups excluding carboxylic acids is 1. The molecule has 0 amide bonds. The summed E-state index contributed by atoms with van der Waals surface area (Å²) in [7, 11) is 1.33. The van der Waals surface area contributed by atoms with Crippen molar-refractivity contribution in [3.63, 3.8) is 0 Å². The molecule has 0 aliphatic carbocycles. The molecule has 40 valence electrons. The number of esters is 1. The molecule has 0 rings (SSSR count). The summed E-state index contributed by atoms with van der Waals surface area (Å²) in [5.74, 6) is -0.347. The molecule has 0 unspecified atom stereocenters. The quantitative estimate of drug-likeness (QED) is 0.325. The van der Waals surface area contributed by atoms with Crippen molar-refractivity contribution in [1.29, 1.82) is 0 Å². The Labute approximate surface area is 61.7 Å². The first-order valence-electron chi connectivity index (χ1n) is 1.92. The molecule has 3 heteroatoms. The van der Waals surface area contributed by atoms with Gasteiger partial charge < -0.3 is 4.74 Å². The number of rotatable bonds is 1. The molecule has 0 atom stereocenters. The number of methoxy groups -OCH3 is 1. The van der Waals surface area contributed by atoms with Crippen LogP contribution in [0.3, 0.4) is 0 Å². The minimum absolute atomic E-state index is 0. The van der Waals surface area contributed by atoms with E-state index in [1.54, 1.807) is 6.92 Å². The van der Waals surface area contributed by atoms with E-state index in [-0.39, 0.29) is 25.4 Å². The third-order valence-electron chi connectivity index (χ3n) is 0.534. The summed E-state index contributed by atoms with van der Waals surface area (Å²) in [6, 6.07) is 0.